The number of ether oxygens (including phenoxy) is 1. The molecule has 1 aromatic carbocycles. The van der Waals surface area contributed by atoms with Gasteiger partial charge >= 0.3 is 0 Å². The Labute approximate surface area is 83.9 Å². The molecule has 0 amide bonds. The first-order valence-corrected chi connectivity index (χ1v) is 4.58. The second kappa shape index (κ2) is 4.82. The van der Waals surface area contributed by atoms with Crippen molar-refractivity contribution >= 4 is 17.7 Å². The Balaban J connectivity index is 2.81. The van der Waals surface area contributed by atoms with E-state index in [2.05, 4.69) is 12.2 Å². The van der Waals surface area contributed by atoms with Crippen LogP contribution in [-0.2, 0) is 0 Å². The van der Waals surface area contributed by atoms with Gasteiger partial charge in [0.15, 0.2) is 0 Å². The molecule has 0 heterocycles. The summed E-state index contributed by atoms with van der Waals surface area (Å²) in [7, 11) is 1.66. The van der Waals surface area contributed by atoms with Crippen LogP contribution in [0, 0.1) is 0 Å². The molecule has 0 bridgehead atoms. The van der Waals surface area contributed by atoms with Crippen molar-refractivity contribution in [2.24, 2.45) is 0 Å². The summed E-state index contributed by atoms with van der Waals surface area (Å²) in [6, 6.07) is 8.16. The van der Waals surface area contributed by atoms with Gasteiger partial charge in [0.1, 0.15) is 5.75 Å². The largest absolute Gasteiger partial charge is 0.497 e. The molecule has 0 radical (unpaired) electrons. The first kappa shape index (κ1) is 9.99. The standard InChI is InChI=1S/C10H13NOS/c1-8(11-7-13)9-4-3-5-10(6-9)12-2/h3-8H,1-2H3,(H,11,13). The summed E-state index contributed by atoms with van der Waals surface area (Å²) in [6.45, 7) is 2.05. The van der Waals surface area contributed by atoms with Crippen LogP contribution in [0.5, 0.6) is 5.75 Å². The molecule has 0 aliphatic rings. The Hall–Kier alpha value is -1.09. The van der Waals surface area contributed by atoms with Crippen molar-refractivity contribution in [1.82, 2.24) is 5.32 Å². The van der Waals surface area contributed by atoms with Crippen molar-refractivity contribution in [2.75, 3.05) is 7.11 Å². The molecule has 0 spiro atoms. The van der Waals surface area contributed by atoms with E-state index in [1.165, 1.54) is 11.1 Å². The third-order valence-corrected chi connectivity index (χ3v) is 2.05. The topological polar surface area (TPSA) is 21.3 Å². The highest BCUT2D eigenvalue weighted by molar-refractivity contribution is 7.78. The number of nitrogens with one attached hydrogen (secondary N) is 1. The molecule has 1 rings (SSSR count). The molecular formula is C10H13NOS. The van der Waals surface area contributed by atoms with Gasteiger partial charge in [-0.25, -0.2) is 0 Å². The summed E-state index contributed by atoms with van der Waals surface area (Å²) in [6.07, 6.45) is 0. The molecular weight excluding hydrogens is 182 g/mol. The van der Waals surface area contributed by atoms with Crippen LogP contribution < -0.4 is 10.1 Å². The Morgan fingerprint density at radius 1 is 1.54 bits per heavy atom. The van der Waals surface area contributed by atoms with E-state index in [0.717, 1.165) is 5.75 Å². The molecule has 70 valence electrons. The van der Waals surface area contributed by atoms with Gasteiger partial charge in [0.25, 0.3) is 0 Å². The van der Waals surface area contributed by atoms with Gasteiger partial charge in [-0.05, 0) is 24.6 Å². The maximum Gasteiger partial charge on any atom is 0.119 e. The lowest BCUT2D eigenvalue weighted by atomic mass is 10.1. The highest BCUT2D eigenvalue weighted by Gasteiger charge is 2.02. The molecule has 0 aliphatic heterocycles. The first-order valence-electron chi connectivity index (χ1n) is 4.11. The van der Waals surface area contributed by atoms with Crippen LogP contribution in [0.1, 0.15) is 18.5 Å². The maximum absolute atomic E-state index is 5.12. The molecule has 2 nitrogen and oxygen atoms in total. The summed E-state index contributed by atoms with van der Waals surface area (Å²) in [4.78, 5) is 0. The summed E-state index contributed by atoms with van der Waals surface area (Å²) in [5.41, 5.74) is 2.70. The van der Waals surface area contributed by atoms with Crippen molar-refractivity contribution < 1.29 is 4.74 Å². The van der Waals surface area contributed by atoms with Crippen molar-refractivity contribution in [1.29, 1.82) is 0 Å². The smallest absolute Gasteiger partial charge is 0.119 e. The zero-order valence-electron chi connectivity index (χ0n) is 7.78. The minimum atomic E-state index is 0.229. The van der Waals surface area contributed by atoms with Gasteiger partial charge in [0, 0.05) is 6.04 Å². The van der Waals surface area contributed by atoms with E-state index in [9.17, 15) is 0 Å². The van der Waals surface area contributed by atoms with E-state index in [1.807, 2.05) is 24.3 Å². The average molecular weight is 195 g/mol. The predicted octanol–water partition coefficient (Wildman–Crippen LogP) is 2.30. The highest BCUT2D eigenvalue weighted by Crippen LogP contribution is 2.17. The highest BCUT2D eigenvalue weighted by atomic mass is 32.1. The molecule has 0 aromatic heterocycles. The number of benzene rings is 1. The minimum Gasteiger partial charge on any atom is -0.497 e. The fourth-order valence-corrected chi connectivity index (χ4v) is 1.31. The second-order valence-corrected chi connectivity index (χ2v) is 3.02. The maximum atomic E-state index is 5.12. The Morgan fingerprint density at radius 2 is 2.31 bits per heavy atom. The third-order valence-electron chi connectivity index (χ3n) is 1.91. The van der Waals surface area contributed by atoms with Crippen molar-refractivity contribution in [2.45, 2.75) is 13.0 Å². The Kier molecular flexibility index (Phi) is 3.71. The van der Waals surface area contributed by atoms with Crippen LogP contribution >= 0.6 is 12.2 Å². The molecule has 3 heteroatoms. The third kappa shape index (κ3) is 2.70. The van der Waals surface area contributed by atoms with Gasteiger partial charge in [-0.3, -0.25) is 0 Å². The Bertz CT molecular complexity index is 288. The molecule has 0 aliphatic carbocycles. The van der Waals surface area contributed by atoms with E-state index in [0.29, 0.717) is 0 Å². The summed E-state index contributed by atoms with van der Waals surface area (Å²) in [5, 5.41) is 3.05. The van der Waals surface area contributed by atoms with Gasteiger partial charge in [0.05, 0.1) is 12.6 Å². The fraction of sp³-hybridized carbons (Fsp3) is 0.300. The minimum absolute atomic E-state index is 0.229. The molecule has 1 unspecified atom stereocenters. The summed E-state index contributed by atoms with van der Waals surface area (Å²) in [5.74, 6) is 0.871. The number of hydrogen-bond acceptors (Lipinski definition) is 2. The molecule has 13 heavy (non-hydrogen) atoms. The van der Waals surface area contributed by atoms with Gasteiger partial charge in [-0.2, -0.15) is 0 Å². The fourth-order valence-electron chi connectivity index (χ4n) is 1.11. The lowest BCUT2D eigenvalue weighted by Gasteiger charge is -2.12. The molecule has 1 aromatic rings. The summed E-state index contributed by atoms with van der Waals surface area (Å²) >= 11 is 4.72. The van der Waals surface area contributed by atoms with Crippen LogP contribution in [0.25, 0.3) is 0 Å². The molecule has 0 saturated carbocycles. The number of rotatable bonds is 4. The molecule has 1 N–H and O–H groups in total. The van der Waals surface area contributed by atoms with E-state index in [1.54, 1.807) is 7.11 Å². The van der Waals surface area contributed by atoms with Crippen molar-refractivity contribution in [3.05, 3.63) is 29.8 Å². The number of thiocarbonyl (C=S) groups is 1. The van der Waals surface area contributed by atoms with Crippen molar-refractivity contribution in [3.8, 4) is 5.75 Å². The van der Waals surface area contributed by atoms with Crippen LogP contribution in [0.4, 0.5) is 0 Å². The summed E-state index contributed by atoms with van der Waals surface area (Å²) < 4.78 is 5.12. The first-order chi connectivity index (χ1) is 6.27. The SMILES string of the molecule is COc1cccc(C(C)NC=S)c1. The lowest BCUT2D eigenvalue weighted by molar-refractivity contribution is 0.414. The van der Waals surface area contributed by atoms with E-state index in [-0.39, 0.29) is 6.04 Å². The predicted molar refractivity (Wildman–Crippen MR) is 58.2 cm³/mol. The van der Waals surface area contributed by atoms with Crippen LogP contribution in [0.2, 0.25) is 0 Å². The van der Waals surface area contributed by atoms with Gasteiger partial charge < -0.3 is 10.1 Å². The number of hydrogen-bond donors (Lipinski definition) is 1. The molecule has 0 fully saturated rings. The monoisotopic (exact) mass is 195 g/mol. The average Bonchev–Trinajstić information content (AvgIpc) is 2.18. The van der Waals surface area contributed by atoms with E-state index < -0.39 is 0 Å². The van der Waals surface area contributed by atoms with Crippen LogP contribution in [-0.4, -0.2) is 12.6 Å². The quantitative estimate of drug-likeness (QED) is 0.745. The van der Waals surface area contributed by atoms with E-state index >= 15 is 0 Å². The zero-order valence-corrected chi connectivity index (χ0v) is 8.60. The zero-order chi connectivity index (χ0) is 9.68. The lowest BCUT2D eigenvalue weighted by Crippen LogP contribution is -2.14. The van der Waals surface area contributed by atoms with Crippen molar-refractivity contribution in [3.63, 3.8) is 0 Å². The van der Waals surface area contributed by atoms with Crippen LogP contribution in [0.15, 0.2) is 24.3 Å². The van der Waals surface area contributed by atoms with Gasteiger partial charge in [0.2, 0.25) is 0 Å². The van der Waals surface area contributed by atoms with E-state index in [4.69, 9.17) is 17.0 Å². The Morgan fingerprint density at radius 3 is 2.92 bits per heavy atom. The molecule has 1 atom stereocenters. The number of methoxy groups -OCH3 is 1. The molecule has 0 saturated heterocycles. The second-order valence-electron chi connectivity index (χ2n) is 2.78. The van der Waals surface area contributed by atoms with Crippen LogP contribution in [0.3, 0.4) is 0 Å². The van der Waals surface area contributed by atoms with Gasteiger partial charge in [-0.15, -0.1) is 0 Å². The van der Waals surface area contributed by atoms with Gasteiger partial charge in [-0.1, -0.05) is 24.4 Å². The normalized spacial score (nSPS) is 11.8.